The average Bonchev–Trinajstić information content (AvgIpc) is 2.63. The largest absolute Gasteiger partial charge is 0.496 e. The van der Waals surface area contributed by atoms with Gasteiger partial charge in [-0.3, -0.25) is 0 Å². The van der Waals surface area contributed by atoms with E-state index in [-0.39, 0.29) is 22.9 Å². The van der Waals surface area contributed by atoms with Gasteiger partial charge in [-0.05, 0) is 0 Å². The van der Waals surface area contributed by atoms with Crippen molar-refractivity contribution < 1.29 is 18.0 Å². The maximum atomic E-state index is 13.6. The number of benzene rings is 1. The van der Waals surface area contributed by atoms with Gasteiger partial charge in [0, 0.05) is 18.2 Å². The van der Waals surface area contributed by atoms with Crippen LogP contribution in [0.5, 0.6) is 5.75 Å². The van der Waals surface area contributed by atoms with Crippen LogP contribution in [-0.4, -0.2) is 12.3 Å². The quantitative estimate of drug-likeness (QED) is 0.852. The predicted molar refractivity (Wildman–Crippen MR) is 52.8 cm³/mol. The van der Waals surface area contributed by atoms with E-state index in [1.807, 2.05) is 0 Å². The lowest BCUT2D eigenvalue weighted by Crippen LogP contribution is -1.93. The number of halogens is 2. The summed E-state index contributed by atoms with van der Waals surface area (Å²) in [7, 11) is 1.31. The second-order valence-electron chi connectivity index (χ2n) is 3.08. The van der Waals surface area contributed by atoms with Crippen molar-refractivity contribution in [2.24, 2.45) is 0 Å². The number of anilines is 1. The van der Waals surface area contributed by atoms with Crippen molar-refractivity contribution in [3.63, 3.8) is 0 Å². The molecule has 0 radical (unpaired) electrons. The number of ether oxygens (including phenoxy) is 1. The van der Waals surface area contributed by atoms with Crippen molar-refractivity contribution >= 4 is 5.88 Å². The molecule has 0 aliphatic carbocycles. The van der Waals surface area contributed by atoms with E-state index >= 15 is 0 Å². The van der Waals surface area contributed by atoms with E-state index in [0.717, 1.165) is 12.1 Å². The Bertz CT molecular complexity index is 526. The summed E-state index contributed by atoms with van der Waals surface area (Å²) < 4.78 is 36.0. The third-order valence-corrected chi connectivity index (χ3v) is 2.02. The molecule has 0 atom stereocenters. The zero-order chi connectivity index (χ0) is 11.7. The minimum atomic E-state index is -0.787. The van der Waals surface area contributed by atoms with Crippen molar-refractivity contribution in [3.05, 3.63) is 29.8 Å². The van der Waals surface area contributed by atoms with Crippen LogP contribution < -0.4 is 10.5 Å². The van der Waals surface area contributed by atoms with Gasteiger partial charge in [-0.15, -0.1) is 0 Å². The van der Waals surface area contributed by atoms with E-state index in [1.54, 1.807) is 0 Å². The molecule has 1 heterocycles. The molecule has 0 amide bonds. The van der Waals surface area contributed by atoms with Crippen LogP contribution in [0.25, 0.3) is 11.3 Å². The lowest BCUT2D eigenvalue weighted by molar-refractivity contribution is 0.406. The van der Waals surface area contributed by atoms with Gasteiger partial charge in [0.25, 0.3) is 0 Å². The van der Waals surface area contributed by atoms with Gasteiger partial charge in [-0.1, -0.05) is 5.16 Å². The molecule has 1 aromatic carbocycles. The molecule has 16 heavy (non-hydrogen) atoms. The smallest absolute Gasteiger partial charge is 0.222 e. The Morgan fingerprint density at radius 3 is 2.62 bits per heavy atom. The molecule has 0 aliphatic rings. The van der Waals surface area contributed by atoms with Crippen molar-refractivity contribution in [2.75, 3.05) is 12.8 Å². The number of nitrogens with two attached hydrogens (primary N) is 1. The zero-order valence-electron chi connectivity index (χ0n) is 8.33. The molecule has 0 spiro atoms. The summed E-state index contributed by atoms with van der Waals surface area (Å²) in [5, 5.41) is 3.54. The molecule has 0 aliphatic heterocycles. The number of aromatic nitrogens is 1. The van der Waals surface area contributed by atoms with Crippen molar-refractivity contribution in [1.29, 1.82) is 0 Å². The Kier molecular flexibility index (Phi) is 2.47. The topological polar surface area (TPSA) is 61.3 Å². The highest BCUT2D eigenvalue weighted by molar-refractivity contribution is 5.69. The summed E-state index contributed by atoms with van der Waals surface area (Å²) in [4.78, 5) is 0. The number of nitrogens with zero attached hydrogens (tertiary/aromatic N) is 1. The molecule has 2 N–H and O–H groups in total. The van der Waals surface area contributed by atoms with Crippen LogP contribution in [0.4, 0.5) is 14.7 Å². The molecule has 0 saturated heterocycles. The molecule has 0 saturated carbocycles. The molecule has 84 valence electrons. The molecule has 2 aromatic rings. The highest BCUT2D eigenvalue weighted by atomic mass is 19.1. The second kappa shape index (κ2) is 3.80. The standard InChI is InChI=1S/C10H8F2N2O2/c1-15-8-3-5(11)2-6(12)10(8)7-4-9(13)16-14-7/h2-4H,13H2,1H3. The van der Waals surface area contributed by atoms with Gasteiger partial charge < -0.3 is 15.0 Å². The summed E-state index contributed by atoms with van der Waals surface area (Å²) in [6.45, 7) is 0. The van der Waals surface area contributed by atoms with Gasteiger partial charge in [-0.2, -0.15) is 0 Å². The summed E-state index contributed by atoms with van der Waals surface area (Å²) in [5.41, 5.74) is 5.50. The highest BCUT2D eigenvalue weighted by Crippen LogP contribution is 2.33. The molecule has 0 bridgehead atoms. The van der Waals surface area contributed by atoms with E-state index in [9.17, 15) is 8.78 Å². The Morgan fingerprint density at radius 1 is 1.31 bits per heavy atom. The van der Waals surface area contributed by atoms with Crippen LogP contribution in [0.15, 0.2) is 22.7 Å². The molecule has 2 rings (SSSR count). The minimum absolute atomic E-state index is 0.0179. The van der Waals surface area contributed by atoms with Crippen LogP contribution in [0.2, 0.25) is 0 Å². The molecule has 6 heteroatoms. The van der Waals surface area contributed by atoms with E-state index in [0.29, 0.717) is 0 Å². The normalized spacial score (nSPS) is 10.4. The number of hydrogen-bond donors (Lipinski definition) is 1. The summed E-state index contributed by atoms with van der Waals surface area (Å²) >= 11 is 0. The molecular formula is C10H8F2N2O2. The summed E-state index contributed by atoms with van der Waals surface area (Å²) in [6.07, 6.45) is 0. The maximum absolute atomic E-state index is 13.6. The minimum Gasteiger partial charge on any atom is -0.496 e. The maximum Gasteiger partial charge on any atom is 0.222 e. The van der Waals surface area contributed by atoms with Gasteiger partial charge in [0.15, 0.2) is 0 Å². The van der Waals surface area contributed by atoms with Crippen molar-refractivity contribution in [3.8, 4) is 17.0 Å². The first-order valence-corrected chi connectivity index (χ1v) is 4.37. The average molecular weight is 226 g/mol. The fraction of sp³-hybridized carbons (Fsp3) is 0.100. The van der Waals surface area contributed by atoms with Crippen LogP contribution in [0.1, 0.15) is 0 Å². The van der Waals surface area contributed by atoms with Gasteiger partial charge in [0.1, 0.15) is 23.1 Å². The molecule has 1 aromatic heterocycles. The van der Waals surface area contributed by atoms with Crippen LogP contribution in [0.3, 0.4) is 0 Å². The van der Waals surface area contributed by atoms with E-state index in [1.165, 1.54) is 13.2 Å². The Hall–Kier alpha value is -2.11. The zero-order valence-corrected chi connectivity index (χ0v) is 8.33. The number of rotatable bonds is 2. The van der Waals surface area contributed by atoms with Crippen molar-refractivity contribution in [2.45, 2.75) is 0 Å². The molecule has 4 nitrogen and oxygen atoms in total. The van der Waals surface area contributed by atoms with Crippen LogP contribution >= 0.6 is 0 Å². The SMILES string of the molecule is COc1cc(F)cc(F)c1-c1cc(N)on1. The predicted octanol–water partition coefficient (Wildman–Crippen LogP) is 2.21. The van der Waals surface area contributed by atoms with E-state index < -0.39 is 11.6 Å². The Balaban J connectivity index is 2.63. The monoisotopic (exact) mass is 226 g/mol. The number of nitrogen functional groups attached to an aromatic ring is 1. The lowest BCUT2D eigenvalue weighted by atomic mass is 10.1. The fourth-order valence-electron chi connectivity index (χ4n) is 1.37. The van der Waals surface area contributed by atoms with Gasteiger partial charge in [-0.25, -0.2) is 8.78 Å². The van der Waals surface area contributed by atoms with Crippen LogP contribution in [-0.2, 0) is 0 Å². The van der Waals surface area contributed by atoms with Crippen molar-refractivity contribution in [1.82, 2.24) is 5.16 Å². The second-order valence-corrected chi connectivity index (χ2v) is 3.08. The van der Waals surface area contributed by atoms with Gasteiger partial charge in [0.2, 0.25) is 5.88 Å². The lowest BCUT2D eigenvalue weighted by Gasteiger charge is -2.06. The third-order valence-electron chi connectivity index (χ3n) is 2.02. The Labute approximate surface area is 89.6 Å². The summed E-state index contributed by atoms with van der Waals surface area (Å²) in [6, 6.07) is 3.13. The molecule has 0 unspecified atom stereocenters. The van der Waals surface area contributed by atoms with E-state index in [4.69, 9.17) is 10.5 Å². The highest BCUT2D eigenvalue weighted by Gasteiger charge is 2.17. The first kappa shape index (κ1) is 10.4. The first-order valence-electron chi connectivity index (χ1n) is 4.37. The van der Waals surface area contributed by atoms with Gasteiger partial charge in [0.05, 0.1) is 12.7 Å². The number of hydrogen-bond acceptors (Lipinski definition) is 4. The molecular weight excluding hydrogens is 218 g/mol. The van der Waals surface area contributed by atoms with Gasteiger partial charge >= 0.3 is 0 Å². The first-order chi connectivity index (χ1) is 7.61. The van der Waals surface area contributed by atoms with Crippen LogP contribution in [0, 0.1) is 11.6 Å². The summed E-state index contributed by atoms with van der Waals surface area (Å²) in [5.74, 6) is -1.44. The number of methoxy groups -OCH3 is 1. The third kappa shape index (κ3) is 1.69. The Morgan fingerprint density at radius 2 is 2.06 bits per heavy atom. The fourth-order valence-corrected chi connectivity index (χ4v) is 1.37. The van der Waals surface area contributed by atoms with E-state index in [2.05, 4.69) is 9.68 Å². The molecule has 0 fully saturated rings.